The second kappa shape index (κ2) is 7.27. The molecule has 0 unspecified atom stereocenters. The molecular weight excluding hydrogens is 326 g/mol. The van der Waals surface area contributed by atoms with Gasteiger partial charge in [0.1, 0.15) is 6.04 Å². The highest BCUT2D eigenvalue weighted by molar-refractivity contribution is 7.15. The minimum absolute atomic E-state index is 0.122. The van der Waals surface area contributed by atoms with Crippen molar-refractivity contribution in [3.05, 3.63) is 59.4 Å². The van der Waals surface area contributed by atoms with Crippen molar-refractivity contribution in [2.75, 3.05) is 7.11 Å². The van der Waals surface area contributed by atoms with Crippen LogP contribution in [0.4, 0.5) is 0 Å². The number of carbonyl (C=O) groups is 2. The highest BCUT2D eigenvalue weighted by Crippen LogP contribution is 2.12. The summed E-state index contributed by atoms with van der Waals surface area (Å²) >= 11 is 1.51. The summed E-state index contributed by atoms with van der Waals surface area (Å²) in [5.41, 5.74) is 1.62. The van der Waals surface area contributed by atoms with Crippen LogP contribution in [0, 0.1) is 0 Å². The van der Waals surface area contributed by atoms with Gasteiger partial charge in [-0.25, -0.2) is 9.78 Å². The first-order chi connectivity index (χ1) is 11.7. The molecule has 0 saturated carbocycles. The van der Waals surface area contributed by atoms with E-state index in [1.54, 1.807) is 0 Å². The molecule has 0 aliphatic carbocycles. The van der Waals surface area contributed by atoms with Crippen LogP contribution in [0.5, 0.6) is 0 Å². The molecule has 7 heteroatoms. The zero-order valence-corrected chi connectivity index (χ0v) is 14.0. The van der Waals surface area contributed by atoms with Crippen molar-refractivity contribution in [2.24, 2.45) is 0 Å². The molecule has 0 radical (unpaired) electrons. The molecule has 6 nitrogen and oxygen atoms in total. The Balaban J connectivity index is 1.66. The van der Waals surface area contributed by atoms with Crippen LogP contribution in [0.2, 0.25) is 0 Å². The number of hydrogen-bond acceptors (Lipinski definition) is 5. The number of hydrogen-bond donors (Lipinski definition) is 1. The lowest BCUT2D eigenvalue weighted by Gasteiger charge is -2.16. The zero-order chi connectivity index (χ0) is 16.9. The number of thiazole rings is 1. The lowest BCUT2D eigenvalue weighted by molar-refractivity contribution is -0.145. The minimum Gasteiger partial charge on any atom is -0.467 e. The molecule has 1 amide bonds. The Morgan fingerprint density at radius 1 is 1.33 bits per heavy atom. The van der Waals surface area contributed by atoms with Crippen molar-refractivity contribution in [2.45, 2.75) is 18.9 Å². The second-order valence-corrected chi connectivity index (χ2v) is 6.21. The van der Waals surface area contributed by atoms with Crippen LogP contribution in [0.15, 0.2) is 48.1 Å². The third-order valence-corrected chi connectivity index (χ3v) is 4.36. The molecule has 1 N–H and O–H groups in total. The summed E-state index contributed by atoms with van der Waals surface area (Å²) in [4.78, 5) is 29.4. The van der Waals surface area contributed by atoms with Crippen molar-refractivity contribution in [1.29, 1.82) is 0 Å². The highest BCUT2D eigenvalue weighted by Gasteiger charge is 2.22. The van der Waals surface area contributed by atoms with Gasteiger partial charge in [0, 0.05) is 24.2 Å². The van der Waals surface area contributed by atoms with Gasteiger partial charge in [-0.3, -0.25) is 9.20 Å². The van der Waals surface area contributed by atoms with Gasteiger partial charge in [-0.05, 0) is 5.56 Å². The van der Waals surface area contributed by atoms with Crippen LogP contribution < -0.4 is 5.32 Å². The van der Waals surface area contributed by atoms with Crippen molar-refractivity contribution in [3.63, 3.8) is 0 Å². The molecule has 124 valence electrons. The molecule has 0 bridgehead atoms. The van der Waals surface area contributed by atoms with E-state index in [9.17, 15) is 9.59 Å². The number of nitrogens with one attached hydrogen (secondary N) is 1. The molecule has 0 saturated heterocycles. The van der Waals surface area contributed by atoms with Gasteiger partial charge in [-0.15, -0.1) is 11.3 Å². The number of carbonyl (C=O) groups excluding carboxylic acids is 2. The van der Waals surface area contributed by atoms with Crippen molar-refractivity contribution in [1.82, 2.24) is 14.7 Å². The molecule has 0 aliphatic rings. The normalized spacial score (nSPS) is 12.0. The predicted octanol–water partition coefficient (Wildman–Crippen LogP) is 1.84. The quantitative estimate of drug-likeness (QED) is 0.693. The van der Waals surface area contributed by atoms with Crippen LogP contribution in [0.1, 0.15) is 11.3 Å². The van der Waals surface area contributed by atoms with E-state index >= 15 is 0 Å². The number of fused-ring (bicyclic) bond motifs is 1. The van der Waals surface area contributed by atoms with Crippen molar-refractivity contribution >= 4 is 28.2 Å². The van der Waals surface area contributed by atoms with Crippen molar-refractivity contribution in [3.8, 4) is 0 Å². The summed E-state index contributed by atoms with van der Waals surface area (Å²) < 4.78 is 6.67. The number of ether oxygens (including phenoxy) is 1. The number of nitrogens with zero attached hydrogens (tertiary/aromatic N) is 2. The van der Waals surface area contributed by atoms with E-state index < -0.39 is 12.0 Å². The number of esters is 1. The van der Waals surface area contributed by atoms with E-state index in [-0.39, 0.29) is 12.3 Å². The molecule has 0 spiro atoms. The first-order valence-electron chi connectivity index (χ1n) is 7.48. The van der Waals surface area contributed by atoms with Crippen LogP contribution in [-0.2, 0) is 27.2 Å². The summed E-state index contributed by atoms with van der Waals surface area (Å²) in [6.45, 7) is 0. The number of benzene rings is 1. The molecule has 24 heavy (non-hydrogen) atoms. The fourth-order valence-corrected chi connectivity index (χ4v) is 3.18. The fourth-order valence-electron chi connectivity index (χ4n) is 2.46. The van der Waals surface area contributed by atoms with Gasteiger partial charge in [0.2, 0.25) is 5.91 Å². The van der Waals surface area contributed by atoms with E-state index in [1.807, 2.05) is 52.5 Å². The maximum absolute atomic E-state index is 12.3. The third-order valence-electron chi connectivity index (χ3n) is 3.59. The van der Waals surface area contributed by atoms with Crippen LogP contribution in [0.3, 0.4) is 0 Å². The van der Waals surface area contributed by atoms with Gasteiger partial charge in [-0.2, -0.15) is 0 Å². The number of imidazole rings is 1. The smallest absolute Gasteiger partial charge is 0.328 e. The monoisotopic (exact) mass is 343 g/mol. The Labute approximate surface area is 143 Å². The standard InChI is InChI=1S/C17H17N3O3S/c1-23-16(22)14(9-12-5-3-2-4-6-12)19-15(21)10-13-11-20-7-8-24-17(20)18-13/h2-8,11,14H,9-10H2,1H3,(H,19,21)/t14-/m0/s1. The highest BCUT2D eigenvalue weighted by atomic mass is 32.1. The fraction of sp³-hybridized carbons (Fsp3) is 0.235. The maximum atomic E-state index is 12.3. The van der Waals surface area contributed by atoms with Gasteiger partial charge in [0.25, 0.3) is 0 Å². The lowest BCUT2D eigenvalue weighted by atomic mass is 10.1. The number of methoxy groups -OCH3 is 1. The van der Waals surface area contributed by atoms with Gasteiger partial charge in [0.05, 0.1) is 19.2 Å². The Kier molecular flexibility index (Phi) is 4.90. The molecular formula is C17H17N3O3S. The second-order valence-electron chi connectivity index (χ2n) is 5.33. The van der Waals surface area contributed by atoms with Gasteiger partial charge < -0.3 is 10.1 Å². The molecule has 3 rings (SSSR count). The van der Waals surface area contributed by atoms with Gasteiger partial charge >= 0.3 is 5.97 Å². The van der Waals surface area contributed by atoms with E-state index in [4.69, 9.17) is 4.74 Å². The molecule has 1 atom stereocenters. The lowest BCUT2D eigenvalue weighted by Crippen LogP contribution is -2.43. The van der Waals surface area contributed by atoms with E-state index in [1.165, 1.54) is 18.4 Å². The summed E-state index contributed by atoms with van der Waals surface area (Å²) in [6, 6.07) is 8.79. The third kappa shape index (κ3) is 3.80. The molecule has 1 aromatic carbocycles. The summed E-state index contributed by atoms with van der Waals surface area (Å²) in [5, 5.41) is 4.67. The Bertz CT molecular complexity index is 813. The van der Waals surface area contributed by atoms with Crippen molar-refractivity contribution < 1.29 is 14.3 Å². The first-order valence-corrected chi connectivity index (χ1v) is 8.36. The van der Waals surface area contributed by atoms with E-state index in [0.717, 1.165) is 10.5 Å². The predicted molar refractivity (Wildman–Crippen MR) is 90.9 cm³/mol. The number of rotatable bonds is 6. The topological polar surface area (TPSA) is 72.7 Å². The Morgan fingerprint density at radius 3 is 2.83 bits per heavy atom. The summed E-state index contributed by atoms with van der Waals surface area (Å²) in [7, 11) is 1.32. The van der Waals surface area contributed by atoms with Gasteiger partial charge in [-0.1, -0.05) is 30.3 Å². The van der Waals surface area contributed by atoms with Crippen LogP contribution in [0.25, 0.3) is 4.96 Å². The molecule has 2 aromatic heterocycles. The average molecular weight is 343 g/mol. The van der Waals surface area contributed by atoms with E-state index in [2.05, 4.69) is 10.3 Å². The largest absolute Gasteiger partial charge is 0.467 e. The van der Waals surface area contributed by atoms with Crippen LogP contribution >= 0.6 is 11.3 Å². The Hall–Kier alpha value is -2.67. The van der Waals surface area contributed by atoms with Gasteiger partial charge in [0.15, 0.2) is 4.96 Å². The number of amides is 1. The van der Waals surface area contributed by atoms with Crippen LogP contribution in [-0.4, -0.2) is 34.4 Å². The Morgan fingerprint density at radius 2 is 2.12 bits per heavy atom. The summed E-state index contributed by atoms with van der Waals surface area (Å²) in [5.74, 6) is -0.717. The number of aromatic nitrogens is 2. The molecule has 2 heterocycles. The molecule has 0 aliphatic heterocycles. The minimum atomic E-state index is -0.714. The first kappa shape index (κ1) is 16.2. The summed E-state index contributed by atoms with van der Waals surface area (Å²) in [6.07, 6.45) is 4.21. The molecule has 3 aromatic rings. The average Bonchev–Trinajstić information content (AvgIpc) is 3.15. The SMILES string of the molecule is COC(=O)[C@H](Cc1ccccc1)NC(=O)Cc1cn2ccsc2n1. The van der Waals surface area contributed by atoms with E-state index in [0.29, 0.717) is 12.1 Å². The maximum Gasteiger partial charge on any atom is 0.328 e. The zero-order valence-electron chi connectivity index (χ0n) is 13.1. The molecule has 0 fully saturated rings.